The molecule has 2 aromatic rings. The number of hydrogen-bond donors (Lipinski definition) is 1. The zero-order chi connectivity index (χ0) is 19.9. The van der Waals surface area contributed by atoms with Crippen LogP contribution in [-0.4, -0.2) is 68.2 Å². The lowest BCUT2D eigenvalue weighted by molar-refractivity contribution is 0.171. The van der Waals surface area contributed by atoms with Crippen molar-refractivity contribution in [3.8, 4) is 11.5 Å². The molecule has 0 atom stereocenters. The number of aliphatic imine (C=N–C) groups is 1. The van der Waals surface area contributed by atoms with Gasteiger partial charge in [0.1, 0.15) is 11.5 Å². The molecular formula is C20H29N5O2S. The minimum Gasteiger partial charge on any atom is -0.497 e. The maximum atomic E-state index is 5.51. The quantitative estimate of drug-likeness (QED) is 0.590. The zero-order valence-electron chi connectivity index (χ0n) is 17.1. The van der Waals surface area contributed by atoms with Gasteiger partial charge >= 0.3 is 0 Å². The molecule has 1 aliphatic heterocycles. The van der Waals surface area contributed by atoms with E-state index in [2.05, 4.69) is 31.2 Å². The highest BCUT2D eigenvalue weighted by Crippen LogP contribution is 2.25. The summed E-state index contributed by atoms with van der Waals surface area (Å²) >= 11 is 1.72. The highest BCUT2D eigenvalue weighted by Gasteiger charge is 2.21. The van der Waals surface area contributed by atoms with Crippen LogP contribution in [0.15, 0.2) is 29.4 Å². The Hall–Kier alpha value is -2.32. The second kappa shape index (κ2) is 9.75. The Morgan fingerprint density at radius 3 is 2.61 bits per heavy atom. The standard InChI is InChI=1S/C20H29N5O2S/c1-15-22-12-18(28-15)13-23-20(21-2)25-9-7-24(8-10-25)14-16-11-17(26-3)5-6-19(16)27-4/h5-6,11-12H,7-10,13-14H2,1-4H3,(H,21,23). The summed E-state index contributed by atoms with van der Waals surface area (Å²) in [7, 11) is 5.24. The van der Waals surface area contributed by atoms with Gasteiger partial charge < -0.3 is 19.7 Å². The van der Waals surface area contributed by atoms with Crippen LogP contribution < -0.4 is 14.8 Å². The average molecular weight is 404 g/mol. The molecule has 0 spiro atoms. The number of guanidine groups is 1. The number of aryl methyl sites for hydroxylation is 1. The number of aromatic nitrogens is 1. The molecule has 1 aromatic heterocycles. The van der Waals surface area contributed by atoms with Gasteiger partial charge in [-0.1, -0.05) is 0 Å². The van der Waals surface area contributed by atoms with Gasteiger partial charge in [0.2, 0.25) is 0 Å². The number of hydrogen-bond acceptors (Lipinski definition) is 6. The van der Waals surface area contributed by atoms with Gasteiger partial charge in [0.15, 0.2) is 5.96 Å². The molecule has 1 aliphatic rings. The highest BCUT2D eigenvalue weighted by atomic mass is 32.1. The first kappa shape index (κ1) is 20.4. The van der Waals surface area contributed by atoms with Crippen molar-refractivity contribution in [1.82, 2.24) is 20.1 Å². The van der Waals surface area contributed by atoms with Gasteiger partial charge in [0.25, 0.3) is 0 Å². The highest BCUT2D eigenvalue weighted by molar-refractivity contribution is 7.11. The van der Waals surface area contributed by atoms with E-state index < -0.39 is 0 Å². The Balaban J connectivity index is 1.53. The number of nitrogens with one attached hydrogen (secondary N) is 1. The SMILES string of the molecule is CN=C(NCc1cnc(C)s1)N1CCN(Cc2cc(OC)ccc2OC)CC1. The van der Waals surface area contributed by atoms with E-state index >= 15 is 0 Å². The van der Waals surface area contributed by atoms with Gasteiger partial charge in [-0.3, -0.25) is 9.89 Å². The third-order valence-corrected chi connectivity index (χ3v) is 5.77. The van der Waals surface area contributed by atoms with Crippen molar-refractivity contribution >= 4 is 17.3 Å². The van der Waals surface area contributed by atoms with Crippen molar-refractivity contribution in [3.63, 3.8) is 0 Å². The number of nitrogens with zero attached hydrogens (tertiary/aromatic N) is 4. The fraction of sp³-hybridized carbons (Fsp3) is 0.500. The molecule has 1 saturated heterocycles. The van der Waals surface area contributed by atoms with Gasteiger partial charge in [-0.25, -0.2) is 4.98 Å². The van der Waals surface area contributed by atoms with Gasteiger partial charge in [0.05, 0.1) is 25.8 Å². The molecule has 0 aliphatic carbocycles. The fourth-order valence-electron chi connectivity index (χ4n) is 3.35. The number of ether oxygens (including phenoxy) is 2. The summed E-state index contributed by atoms with van der Waals surface area (Å²) in [5, 5.41) is 4.55. The number of piperazine rings is 1. The van der Waals surface area contributed by atoms with Crippen LogP contribution in [0.3, 0.4) is 0 Å². The van der Waals surface area contributed by atoms with Gasteiger partial charge in [0, 0.05) is 56.4 Å². The molecule has 7 nitrogen and oxygen atoms in total. The summed E-state index contributed by atoms with van der Waals surface area (Å²) in [6.45, 7) is 7.46. The van der Waals surface area contributed by atoms with E-state index in [1.807, 2.05) is 32.3 Å². The Bertz CT molecular complexity index is 800. The van der Waals surface area contributed by atoms with E-state index in [1.165, 1.54) is 4.88 Å². The average Bonchev–Trinajstić information content (AvgIpc) is 3.14. The van der Waals surface area contributed by atoms with Crippen molar-refractivity contribution in [1.29, 1.82) is 0 Å². The topological polar surface area (TPSA) is 62.2 Å². The smallest absolute Gasteiger partial charge is 0.194 e. The van der Waals surface area contributed by atoms with E-state index in [9.17, 15) is 0 Å². The molecule has 8 heteroatoms. The second-order valence-corrected chi connectivity index (χ2v) is 8.01. The van der Waals surface area contributed by atoms with Crippen LogP contribution >= 0.6 is 11.3 Å². The molecule has 0 amide bonds. The van der Waals surface area contributed by atoms with Crippen molar-refractivity contribution in [2.24, 2.45) is 4.99 Å². The lowest BCUT2D eigenvalue weighted by Gasteiger charge is -2.36. The lowest BCUT2D eigenvalue weighted by atomic mass is 10.1. The molecule has 3 rings (SSSR count). The summed E-state index contributed by atoms with van der Waals surface area (Å²) in [6, 6.07) is 5.96. The molecule has 152 valence electrons. The van der Waals surface area contributed by atoms with E-state index in [0.29, 0.717) is 0 Å². The van der Waals surface area contributed by atoms with Gasteiger partial charge in [-0.15, -0.1) is 11.3 Å². The number of rotatable bonds is 6. The molecule has 28 heavy (non-hydrogen) atoms. The summed E-state index contributed by atoms with van der Waals surface area (Å²) < 4.78 is 10.9. The van der Waals surface area contributed by atoms with Crippen molar-refractivity contribution < 1.29 is 9.47 Å². The summed E-state index contributed by atoms with van der Waals surface area (Å²) in [4.78, 5) is 14.7. The first-order valence-electron chi connectivity index (χ1n) is 9.43. The van der Waals surface area contributed by atoms with Crippen molar-refractivity contribution in [2.75, 3.05) is 47.4 Å². The van der Waals surface area contributed by atoms with E-state index in [4.69, 9.17) is 9.47 Å². The molecule has 0 bridgehead atoms. The van der Waals surface area contributed by atoms with Crippen LogP contribution in [0.5, 0.6) is 11.5 Å². The molecule has 0 saturated carbocycles. The Morgan fingerprint density at radius 2 is 2.00 bits per heavy atom. The van der Waals surface area contributed by atoms with Gasteiger partial charge in [-0.2, -0.15) is 0 Å². The summed E-state index contributed by atoms with van der Waals surface area (Å²) in [5.41, 5.74) is 1.15. The van der Waals surface area contributed by atoms with Crippen LogP contribution in [0.4, 0.5) is 0 Å². The first-order chi connectivity index (χ1) is 13.6. The number of methoxy groups -OCH3 is 2. The molecular weight excluding hydrogens is 374 g/mol. The van der Waals surface area contributed by atoms with Crippen molar-refractivity contribution in [2.45, 2.75) is 20.0 Å². The third-order valence-electron chi connectivity index (χ3n) is 4.86. The third kappa shape index (κ3) is 5.14. The van der Waals surface area contributed by atoms with Crippen LogP contribution in [0, 0.1) is 6.92 Å². The Kier molecular flexibility index (Phi) is 7.11. The minimum atomic E-state index is 0.763. The molecule has 0 radical (unpaired) electrons. The number of benzene rings is 1. The monoisotopic (exact) mass is 403 g/mol. The van der Waals surface area contributed by atoms with E-state index in [0.717, 1.165) is 67.3 Å². The van der Waals surface area contributed by atoms with Crippen LogP contribution in [0.1, 0.15) is 15.4 Å². The lowest BCUT2D eigenvalue weighted by Crippen LogP contribution is -2.52. The fourth-order valence-corrected chi connectivity index (χ4v) is 4.08. The predicted molar refractivity (Wildman–Crippen MR) is 113 cm³/mol. The number of thiazole rings is 1. The van der Waals surface area contributed by atoms with Crippen LogP contribution in [0.2, 0.25) is 0 Å². The molecule has 1 fully saturated rings. The molecule has 1 aromatic carbocycles. The largest absolute Gasteiger partial charge is 0.497 e. The normalized spacial score (nSPS) is 15.6. The minimum absolute atomic E-state index is 0.763. The predicted octanol–water partition coefficient (Wildman–Crippen LogP) is 2.36. The van der Waals surface area contributed by atoms with Crippen LogP contribution in [-0.2, 0) is 13.1 Å². The zero-order valence-corrected chi connectivity index (χ0v) is 17.9. The maximum absolute atomic E-state index is 5.51. The maximum Gasteiger partial charge on any atom is 0.194 e. The van der Waals surface area contributed by atoms with E-state index in [1.54, 1.807) is 25.6 Å². The summed E-state index contributed by atoms with van der Waals surface area (Å²) in [5.74, 6) is 2.71. The first-order valence-corrected chi connectivity index (χ1v) is 10.2. The van der Waals surface area contributed by atoms with E-state index in [-0.39, 0.29) is 0 Å². The Labute approximate surface area is 171 Å². The second-order valence-electron chi connectivity index (χ2n) is 6.69. The van der Waals surface area contributed by atoms with Crippen molar-refractivity contribution in [3.05, 3.63) is 39.8 Å². The Morgan fingerprint density at radius 1 is 1.21 bits per heavy atom. The molecule has 2 heterocycles. The summed E-state index contributed by atoms with van der Waals surface area (Å²) in [6.07, 6.45) is 1.93. The van der Waals surface area contributed by atoms with Crippen LogP contribution in [0.25, 0.3) is 0 Å². The van der Waals surface area contributed by atoms with Gasteiger partial charge in [-0.05, 0) is 25.1 Å². The molecule has 1 N–H and O–H groups in total. The molecule has 0 unspecified atom stereocenters.